The van der Waals surface area contributed by atoms with Crippen LogP contribution < -0.4 is 10.9 Å². The van der Waals surface area contributed by atoms with Gasteiger partial charge in [0.05, 0.1) is 17.8 Å². The van der Waals surface area contributed by atoms with E-state index in [0.717, 1.165) is 11.3 Å². The Balaban J connectivity index is 2.03. The maximum absolute atomic E-state index is 12.9. The summed E-state index contributed by atoms with van der Waals surface area (Å²) in [4.78, 5) is 42.2. The lowest BCUT2D eigenvalue weighted by Crippen LogP contribution is -2.29. The molecule has 2 aromatic heterocycles. The monoisotopic (exact) mass is 415 g/mol. The third-order valence-electron chi connectivity index (χ3n) is 4.30. The fourth-order valence-electron chi connectivity index (χ4n) is 3.04. The van der Waals surface area contributed by atoms with Crippen molar-refractivity contribution >= 4 is 39.2 Å². The predicted octanol–water partition coefficient (Wildman–Crippen LogP) is 3.31. The number of carbonyl (C=O) groups is 2. The topological polar surface area (TPSA) is 111 Å². The van der Waals surface area contributed by atoms with Gasteiger partial charge in [-0.1, -0.05) is 30.4 Å². The summed E-state index contributed by atoms with van der Waals surface area (Å²) < 4.78 is 6.44. The second-order valence-corrected chi connectivity index (χ2v) is 7.30. The maximum Gasteiger partial charge on any atom is 0.350 e. The summed E-state index contributed by atoms with van der Waals surface area (Å²) in [6.07, 6.45) is 0.685. The van der Waals surface area contributed by atoms with Crippen LogP contribution in [0.5, 0.6) is 5.75 Å². The van der Waals surface area contributed by atoms with E-state index < -0.39 is 17.4 Å². The number of carbonyl (C=O) groups excluding carboxylic acids is 2. The van der Waals surface area contributed by atoms with Gasteiger partial charge in [0.25, 0.3) is 11.5 Å². The van der Waals surface area contributed by atoms with Gasteiger partial charge in [-0.2, -0.15) is 0 Å². The first-order chi connectivity index (χ1) is 13.9. The minimum absolute atomic E-state index is 0.143. The van der Waals surface area contributed by atoms with Crippen LogP contribution >= 0.6 is 11.3 Å². The number of nitrogens with zero attached hydrogens (tertiary/aromatic N) is 2. The van der Waals surface area contributed by atoms with Gasteiger partial charge in [-0.05, 0) is 32.4 Å². The molecular formula is C20H21N3O5S. The van der Waals surface area contributed by atoms with Gasteiger partial charge in [0, 0.05) is 11.9 Å². The summed E-state index contributed by atoms with van der Waals surface area (Å²) in [6.45, 7) is 5.87. The number of aryl methyl sites for hydroxylation is 2. The van der Waals surface area contributed by atoms with Crippen LogP contribution in [0.4, 0.5) is 5.13 Å². The molecule has 29 heavy (non-hydrogen) atoms. The van der Waals surface area contributed by atoms with Gasteiger partial charge in [-0.15, -0.1) is 0 Å². The zero-order valence-corrected chi connectivity index (χ0v) is 17.1. The number of fused-ring (bicyclic) bond motifs is 1. The van der Waals surface area contributed by atoms with Crippen LogP contribution in [-0.4, -0.2) is 33.1 Å². The number of aromatic hydroxyl groups is 1. The van der Waals surface area contributed by atoms with Gasteiger partial charge in [-0.25, -0.2) is 9.78 Å². The highest BCUT2D eigenvalue weighted by molar-refractivity contribution is 7.17. The van der Waals surface area contributed by atoms with Crippen molar-refractivity contribution in [3.05, 3.63) is 50.8 Å². The van der Waals surface area contributed by atoms with Crippen molar-refractivity contribution in [3.8, 4) is 5.75 Å². The Hall–Kier alpha value is -3.20. The SMILES string of the molecule is CCCn1c(=O)c(C(=O)Nc2nc(C)c(C(=O)OCC)s2)c(O)c2ccccc21. The van der Waals surface area contributed by atoms with E-state index in [1.807, 2.05) is 6.92 Å². The van der Waals surface area contributed by atoms with Crippen LogP contribution in [0.2, 0.25) is 0 Å². The third-order valence-corrected chi connectivity index (χ3v) is 5.35. The van der Waals surface area contributed by atoms with Crippen LogP contribution in [0.15, 0.2) is 29.1 Å². The molecular weight excluding hydrogens is 394 g/mol. The van der Waals surface area contributed by atoms with Gasteiger partial charge in [-0.3, -0.25) is 14.9 Å². The molecule has 0 fully saturated rings. The molecule has 0 saturated carbocycles. The van der Waals surface area contributed by atoms with Crippen molar-refractivity contribution in [1.29, 1.82) is 0 Å². The fraction of sp³-hybridized carbons (Fsp3) is 0.300. The van der Waals surface area contributed by atoms with E-state index >= 15 is 0 Å². The summed E-state index contributed by atoms with van der Waals surface area (Å²) >= 11 is 0.952. The van der Waals surface area contributed by atoms with Crippen molar-refractivity contribution in [1.82, 2.24) is 9.55 Å². The van der Waals surface area contributed by atoms with Crippen molar-refractivity contribution in [2.75, 3.05) is 11.9 Å². The van der Waals surface area contributed by atoms with E-state index in [1.165, 1.54) is 4.57 Å². The number of esters is 1. The summed E-state index contributed by atoms with van der Waals surface area (Å²) in [5.74, 6) is -1.69. The molecule has 1 amide bonds. The standard InChI is InChI=1S/C20H21N3O5S/c1-4-10-23-13-9-7-6-8-12(13)15(24)14(18(23)26)17(25)22-20-21-11(3)16(29-20)19(27)28-5-2/h6-9,24H,4-5,10H2,1-3H3,(H,21,22,25). The number of benzene rings is 1. The number of thiazole rings is 1. The zero-order valence-electron chi connectivity index (χ0n) is 16.3. The first-order valence-electron chi connectivity index (χ1n) is 9.19. The number of nitrogens with one attached hydrogen (secondary N) is 1. The van der Waals surface area contributed by atoms with Crippen LogP contribution in [-0.2, 0) is 11.3 Å². The van der Waals surface area contributed by atoms with Gasteiger partial charge >= 0.3 is 5.97 Å². The highest BCUT2D eigenvalue weighted by Crippen LogP contribution is 2.28. The summed E-state index contributed by atoms with van der Waals surface area (Å²) in [5, 5.41) is 13.7. The second kappa shape index (κ2) is 8.44. The normalized spacial score (nSPS) is 10.9. The summed E-state index contributed by atoms with van der Waals surface area (Å²) in [6, 6.07) is 6.87. The maximum atomic E-state index is 12.9. The molecule has 152 valence electrons. The van der Waals surface area contributed by atoms with Gasteiger partial charge in [0.15, 0.2) is 5.13 Å². The average Bonchev–Trinajstić information content (AvgIpc) is 3.05. The molecule has 3 rings (SSSR count). The number of amides is 1. The number of hydrogen-bond acceptors (Lipinski definition) is 7. The van der Waals surface area contributed by atoms with E-state index in [0.29, 0.717) is 29.6 Å². The lowest BCUT2D eigenvalue weighted by atomic mass is 10.1. The van der Waals surface area contributed by atoms with E-state index in [1.54, 1.807) is 38.1 Å². The average molecular weight is 415 g/mol. The first-order valence-corrected chi connectivity index (χ1v) is 10.0. The molecule has 0 saturated heterocycles. The Labute approximate surface area is 170 Å². The highest BCUT2D eigenvalue weighted by Gasteiger charge is 2.24. The van der Waals surface area contributed by atoms with E-state index in [2.05, 4.69) is 10.3 Å². The number of para-hydroxylation sites is 1. The molecule has 0 radical (unpaired) electrons. The Morgan fingerprint density at radius 2 is 2.00 bits per heavy atom. The van der Waals surface area contributed by atoms with E-state index in [4.69, 9.17) is 4.74 Å². The molecule has 0 spiro atoms. The molecule has 1 aromatic carbocycles. The number of rotatable bonds is 6. The summed E-state index contributed by atoms with van der Waals surface area (Å²) in [5.41, 5.74) is 0.0279. The van der Waals surface area contributed by atoms with Gasteiger partial charge in [0.2, 0.25) is 0 Å². The van der Waals surface area contributed by atoms with Crippen molar-refractivity contribution in [3.63, 3.8) is 0 Å². The summed E-state index contributed by atoms with van der Waals surface area (Å²) in [7, 11) is 0. The van der Waals surface area contributed by atoms with Crippen LogP contribution in [0.25, 0.3) is 10.9 Å². The van der Waals surface area contributed by atoms with Gasteiger partial charge in [0.1, 0.15) is 16.2 Å². The molecule has 0 aliphatic heterocycles. The molecule has 0 atom stereocenters. The van der Waals surface area contributed by atoms with E-state index in [-0.39, 0.29) is 27.9 Å². The van der Waals surface area contributed by atoms with Crippen molar-refractivity contribution in [2.45, 2.75) is 33.7 Å². The first kappa shape index (κ1) is 20.5. The van der Waals surface area contributed by atoms with E-state index in [9.17, 15) is 19.5 Å². The Morgan fingerprint density at radius 1 is 1.28 bits per heavy atom. The molecule has 0 unspecified atom stereocenters. The largest absolute Gasteiger partial charge is 0.506 e. The number of anilines is 1. The Bertz CT molecular complexity index is 1150. The molecule has 2 N–H and O–H groups in total. The number of pyridine rings is 1. The molecule has 0 aliphatic rings. The molecule has 0 bridgehead atoms. The lowest BCUT2D eigenvalue weighted by molar-refractivity contribution is 0.0531. The molecule has 8 nitrogen and oxygen atoms in total. The smallest absolute Gasteiger partial charge is 0.350 e. The van der Waals surface area contributed by atoms with Crippen LogP contribution in [0, 0.1) is 6.92 Å². The zero-order chi connectivity index (χ0) is 21.1. The molecule has 9 heteroatoms. The quantitative estimate of drug-likeness (QED) is 0.598. The van der Waals surface area contributed by atoms with Gasteiger partial charge < -0.3 is 14.4 Å². The van der Waals surface area contributed by atoms with Crippen molar-refractivity contribution in [2.24, 2.45) is 0 Å². The lowest BCUT2D eigenvalue weighted by Gasteiger charge is -2.13. The second-order valence-electron chi connectivity index (χ2n) is 6.31. The highest BCUT2D eigenvalue weighted by atomic mass is 32.1. The minimum atomic E-state index is -0.785. The fourth-order valence-corrected chi connectivity index (χ4v) is 3.89. The molecule has 0 aliphatic carbocycles. The Kier molecular flexibility index (Phi) is 5.97. The number of hydrogen-bond donors (Lipinski definition) is 2. The predicted molar refractivity (Wildman–Crippen MR) is 111 cm³/mol. The Morgan fingerprint density at radius 3 is 2.69 bits per heavy atom. The number of ether oxygens (including phenoxy) is 1. The van der Waals surface area contributed by atoms with Crippen LogP contribution in [0.3, 0.4) is 0 Å². The molecule has 2 heterocycles. The van der Waals surface area contributed by atoms with Crippen LogP contribution in [0.1, 0.15) is 46.0 Å². The molecule has 3 aromatic rings. The third kappa shape index (κ3) is 3.86. The number of aromatic nitrogens is 2. The minimum Gasteiger partial charge on any atom is -0.506 e. The van der Waals surface area contributed by atoms with Crippen molar-refractivity contribution < 1.29 is 19.4 Å².